The third-order valence-electron chi connectivity index (χ3n) is 5.43. The number of carbonyl (C=O) groups is 1. The Morgan fingerprint density at radius 1 is 1.19 bits per heavy atom. The van der Waals surface area contributed by atoms with Gasteiger partial charge in [0.05, 0.1) is 24.9 Å². The van der Waals surface area contributed by atoms with Crippen molar-refractivity contribution in [3.8, 4) is 11.5 Å². The minimum Gasteiger partial charge on any atom is -0.493 e. The fourth-order valence-electron chi connectivity index (χ4n) is 4.04. The highest BCUT2D eigenvalue weighted by Gasteiger charge is 2.32. The van der Waals surface area contributed by atoms with Crippen molar-refractivity contribution in [3.05, 3.63) is 38.8 Å². The smallest absolute Gasteiger partial charge is 0.226 e. The number of ether oxygens (including phenoxy) is 2. The van der Waals surface area contributed by atoms with Crippen molar-refractivity contribution in [2.45, 2.75) is 39.2 Å². The van der Waals surface area contributed by atoms with Crippen molar-refractivity contribution in [2.24, 2.45) is 5.92 Å². The molecule has 1 unspecified atom stereocenters. The van der Waals surface area contributed by atoms with Crippen molar-refractivity contribution >= 4 is 17.2 Å². The number of rotatable bonds is 3. The molecule has 0 radical (unpaired) electrons. The molecule has 0 saturated carbocycles. The van der Waals surface area contributed by atoms with Crippen molar-refractivity contribution in [1.82, 2.24) is 9.88 Å². The monoisotopic (exact) mass is 372 g/mol. The molecular formula is C20H24N2O3S. The fourth-order valence-corrected chi connectivity index (χ4v) is 5.11. The summed E-state index contributed by atoms with van der Waals surface area (Å²) in [6, 6.07) is 4.06. The first-order chi connectivity index (χ1) is 12.6. The minimum absolute atomic E-state index is 0.0871. The number of hydrogen-bond donors (Lipinski definition) is 0. The molecule has 2 aliphatic rings. The van der Waals surface area contributed by atoms with E-state index in [0.29, 0.717) is 6.54 Å². The highest BCUT2D eigenvalue weighted by atomic mass is 32.1. The Morgan fingerprint density at radius 3 is 2.65 bits per heavy atom. The van der Waals surface area contributed by atoms with Gasteiger partial charge in [-0.1, -0.05) is 0 Å². The van der Waals surface area contributed by atoms with Crippen LogP contribution in [0.4, 0.5) is 0 Å². The summed E-state index contributed by atoms with van der Waals surface area (Å²) < 4.78 is 10.8. The molecule has 1 atom stereocenters. The summed E-state index contributed by atoms with van der Waals surface area (Å²) in [4.78, 5) is 21.0. The van der Waals surface area contributed by atoms with Crippen LogP contribution in [0.3, 0.4) is 0 Å². The number of thiazole rings is 1. The molecule has 1 aliphatic carbocycles. The van der Waals surface area contributed by atoms with Crippen LogP contribution < -0.4 is 9.47 Å². The average Bonchev–Trinajstić information content (AvgIpc) is 3.04. The van der Waals surface area contributed by atoms with Crippen LogP contribution >= 0.6 is 11.3 Å². The Bertz CT molecular complexity index is 846. The molecule has 0 N–H and O–H groups in total. The molecule has 4 rings (SSSR count). The lowest BCUT2D eigenvalue weighted by molar-refractivity contribution is -0.136. The normalized spacial score (nSPS) is 18.9. The largest absolute Gasteiger partial charge is 0.493 e. The van der Waals surface area contributed by atoms with Gasteiger partial charge in [-0.15, -0.1) is 11.3 Å². The number of methoxy groups -OCH3 is 2. The molecule has 0 spiro atoms. The maximum absolute atomic E-state index is 13.1. The standard InChI is InChI=1S/C20H24N2O3S/c1-12-21-16-5-4-14(10-19(16)26-12)20(23)22-7-6-13-8-17(24-2)18(25-3)9-15(13)11-22/h8-9,14H,4-7,10-11H2,1-3H3. The van der Waals surface area contributed by atoms with Crippen molar-refractivity contribution in [2.75, 3.05) is 20.8 Å². The maximum atomic E-state index is 13.1. The Morgan fingerprint density at radius 2 is 1.92 bits per heavy atom. The number of hydrogen-bond acceptors (Lipinski definition) is 5. The maximum Gasteiger partial charge on any atom is 0.226 e. The summed E-state index contributed by atoms with van der Waals surface area (Å²) in [5.74, 6) is 1.85. The first-order valence-electron chi connectivity index (χ1n) is 9.06. The first kappa shape index (κ1) is 17.3. The zero-order valence-corrected chi connectivity index (χ0v) is 16.3. The van der Waals surface area contributed by atoms with Gasteiger partial charge in [0.2, 0.25) is 5.91 Å². The number of benzene rings is 1. The van der Waals surface area contributed by atoms with Crippen LogP contribution in [-0.4, -0.2) is 36.6 Å². The zero-order chi connectivity index (χ0) is 18.3. The van der Waals surface area contributed by atoms with E-state index in [1.54, 1.807) is 25.6 Å². The van der Waals surface area contributed by atoms with Crippen LogP contribution in [0.5, 0.6) is 11.5 Å². The van der Waals surface area contributed by atoms with Crippen LogP contribution in [0.25, 0.3) is 0 Å². The van der Waals surface area contributed by atoms with Crippen molar-refractivity contribution in [1.29, 1.82) is 0 Å². The van der Waals surface area contributed by atoms with Gasteiger partial charge in [0.15, 0.2) is 11.5 Å². The molecular weight excluding hydrogens is 348 g/mol. The molecule has 1 aliphatic heterocycles. The molecule has 2 aromatic rings. The number of nitrogens with zero attached hydrogens (tertiary/aromatic N) is 2. The number of amides is 1. The van der Waals surface area contributed by atoms with E-state index in [1.807, 2.05) is 24.0 Å². The number of carbonyl (C=O) groups excluding carboxylic acids is 1. The molecule has 26 heavy (non-hydrogen) atoms. The Labute approximate surface area is 157 Å². The van der Waals surface area contributed by atoms with Gasteiger partial charge in [-0.05, 0) is 55.9 Å². The van der Waals surface area contributed by atoms with Gasteiger partial charge >= 0.3 is 0 Å². The lowest BCUT2D eigenvalue weighted by Crippen LogP contribution is -2.41. The Hall–Kier alpha value is -2.08. The van der Waals surface area contributed by atoms with Crippen LogP contribution in [0, 0.1) is 12.8 Å². The summed E-state index contributed by atoms with van der Waals surface area (Å²) in [6.45, 7) is 3.47. The molecule has 2 heterocycles. The summed E-state index contributed by atoms with van der Waals surface area (Å²) in [5.41, 5.74) is 3.61. The summed E-state index contributed by atoms with van der Waals surface area (Å²) in [6.07, 6.45) is 3.53. The van der Waals surface area contributed by atoms with Crippen molar-refractivity contribution < 1.29 is 14.3 Å². The second-order valence-electron chi connectivity index (χ2n) is 7.03. The lowest BCUT2D eigenvalue weighted by atomic mass is 9.89. The van der Waals surface area contributed by atoms with Crippen LogP contribution in [0.15, 0.2) is 12.1 Å². The third-order valence-corrected chi connectivity index (χ3v) is 6.46. The predicted octanol–water partition coefficient (Wildman–Crippen LogP) is 3.16. The second-order valence-corrected chi connectivity index (χ2v) is 8.32. The number of fused-ring (bicyclic) bond motifs is 2. The first-order valence-corrected chi connectivity index (χ1v) is 9.88. The SMILES string of the molecule is COc1cc2c(cc1OC)CN(C(=O)C1CCc3nc(C)sc3C1)CC2. The van der Waals surface area contributed by atoms with E-state index in [0.717, 1.165) is 54.3 Å². The van der Waals surface area contributed by atoms with E-state index in [1.165, 1.54) is 16.1 Å². The summed E-state index contributed by atoms with van der Waals surface area (Å²) in [7, 11) is 3.30. The van der Waals surface area contributed by atoms with Crippen molar-refractivity contribution in [3.63, 3.8) is 0 Å². The Kier molecular flexibility index (Phi) is 4.61. The third kappa shape index (κ3) is 3.07. The molecule has 5 nitrogen and oxygen atoms in total. The second kappa shape index (κ2) is 6.91. The molecule has 138 valence electrons. The lowest BCUT2D eigenvalue weighted by Gasteiger charge is -2.33. The van der Waals surface area contributed by atoms with Gasteiger partial charge in [0.1, 0.15) is 0 Å². The predicted molar refractivity (Wildman–Crippen MR) is 101 cm³/mol. The summed E-state index contributed by atoms with van der Waals surface area (Å²) >= 11 is 1.74. The van der Waals surface area contributed by atoms with E-state index < -0.39 is 0 Å². The van der Waals surface area contributed by atoms with Gasteiger partial charge in [0, 0.05) is 23.9 Å². The van der Waals surface area contributed by atoms with E-state index >= 15 is 0 Å². The molecule has 6 heteroatoms. The summed E-state index contributed by atoms with van der Waals surface area (Å²) in [5, 5.41) is 1.11. The molecule has 1 aromatic heterocycles. The number of aryl methyl sites for hydroxylation is 2. The number of aromatic nitrogens is 1. The van der Waals surface area contributed by atoms with E-state index in [2.05, 4.69) is 4.98 Å². The van der Waals surface area contributed by atoms with Crippen LogP contribution in [0.1, 0.15) is 33.1 Å². The van der Waals surface area contributed by atoms with E-state index in [-0.39, 0.29) is 11.8 Å². The quantitative estimate of drug-likeness (QED) is 0.830. The molecule has 1 aromatic carbocycles. The molecule has 0 bridgehead atoms. The van der Waals surface area contributed by atoms with Gasteiger partial charge in [-0.25, -0.2) is 4.98 Å². The average molecular weight is 372 g/mol. The molecule has 1 amide bonds. The highest BCUT2D eigenvalue weighted by molar-refractivity contribution is 7.11. The topological polar surface area (TPSA) is 51.7 Å². The molecule has 0 saturated heterocycles. The van der Waals surface area contributed by atoms with E-state index in [4.69, 9.17) is 9.47 Å². The fraction of sp³-hybridized carbons (Fsp3) is 0.500. The van der Waals surface area contributed by atoms with Crippen LogP contribution in [0.2, 0.25) is 0 Å². The van der Waals surface area contributed by atoms with Crippen LogP contribution in [-0.2, 0) is 30.6 Å². The zero-order valence-electron chi connectivity index (χ0n) is 15.5. The highest BCUT2D eigenvalue weighted by Crippen LogP contribution is 2.35. The Balaban J connectivity index is 1.51. The molecule has 0 fully saturated rings. The van der Waals surface area contributed by atoms with Gasteiger partial charge in [-0.3, -0.25) is 4.79 Å². The minimum atomic E-state index is 0.0871. The van der Waals surface area contributed by atoms with Gasteiger partial charge < -0.3 is 14.4 Å². The van der Waals surface area contributed by atoms with E-state index in [9.17, 15) is 4.79 Å². The van der Waals surface area contributed by atoms with Gasteiger partial charge in [-0.2, -0.15) is 0 Å². The van der Waals surface area contributed by atoms with Gasteiger partial charge in [0.25, 0.3) is 0 Å².